The molecule has 0 radical (unpaired) electrons. The van der Waals surface area contributed by atoms with Crippen LogP contribution in [0.15, 0.2) is 24.3 Å². The molecule has 0 fully saturated rings. The van der Waals surface area contributed by atoms with Crippen LogP contribution < -0.4 is 5.32 Å². The number of fused-ring (bicyclic) bond motifs is 1. The van der Waals surface area contributed by atoms with Crippen LogP contribution in [0.25, 0.3) is 11.6 Å². The number of amides is 1. The quantitative estimate of drug-likeness (QED) is 0.869. The average molecular weight is 284 g/mol. The Balaban J connectivity index is 1.99. The number of hydrogen-bond acceptors (Lipinski definition) is 3. The van der Waals surface area contributed by atoms with Crippen molar-refractivity contribution in [3.8, 4) is 0 Å². The fourth-order valence-corrected chi connectivity index (χ4v) is 3.35. The van der Waals surface area contributed by atoms with Crippen LogP contribution in [0.4, 0.5) is 5.69 Å². The topological polar surface area (TPSA) is 42.0 Å². The maximum atomic E-state index is 12.1. The number of pyridine rings is 1. The van der Waals surface area contributed by atoms with Crippen molar-refractivity contribution in [1.29, 1.82) is 0 Å². The lowest BCUT2D eigenvalue weighted by molar-refractivity contribution is -0.110. The summed E-state index contributed by atoms with van der Waals surface area (Å²) in [5.74, 6) is -0.0662. The maximum absolute atomic E-state index is 12.1. The minimum atomic E-state index is -0.0662. The van der Waals surface area contributed by atoms with Crippen LogP contribution in [0.2, 0.25) is 0 Å². The van der Waals surface area contributed by atoms with Gasteiger partial charge in [-0.3, -0.25) is 9.78 Å². The number of rotatable bonds is 3. The number of hydrogen-bond donors (Lipinski definition) is 1. The second kappa shape index (κ2) is 5.21. The van der Waals surface area contributed by atoms with Crippen LogP contribution in [0.5, 0.6) is 0 Å². The lowest BCUT2D eigenvalue weighted by Gasteiger charge is -1.98. The largest absolute Gasteiger partial charge is 0.320 e. The molecular formula is C16H16N2OS. The van der Waals surface area contributed by atoms with E-state index < -0.39 is 0 Å². The van der Waals surface area contributed by atoms with E-state index in [-0.39, 0.29) is 5.91 Å². The van der Waals surface area contributed by atoms with Crippen molar-refractivity contribution < 1.29 is 4.79 Å². The molecule has 3 heterocycles. The van der Waals surface area contributed by atoms with Gasteiger partial charge in [0, 0.05) is 15.4 Å². The molecule has 0 aromatic carbocycles. The van der Waals surface area contributed by atoms with E-state index in [1.54, 1.807) is 11.3 Å². The van der Waals surface area contributed by atoms with Gasteiger partial charge in [-0.05, 0) is 43.7 Å². The summed E-state index contributed by atoms with van der Waals surface area (Å²) in [7, 11) is 0. The number of carbonyl (C=O) groups is 1. The Morgan fingerprint density at radius 3 is 2.95 bits per heavy atom. The minimum Gasteiger partial charge on any atom is -0.320 e. The van der Waals surface area contributed by atoms with Crippen molar-refractivity contribution in [2.24, 2.45) is 0 Å². The lowest BCUT2D eigenvalue weighted by atomic mass is 10.1. The molecule has 0 atom stereocenters. The molecule has 3 nitrogen and oxygen atoms in total. The molecule has 3 rings (SSSR count). The summed E-state index contributed by atoms with van der Waals surface area (Å²) in [5, 5.41) is 2.86. The molecule has 0 bridgehead atoms. The zero-order valence-electron chi connectivity index (χ0n) is 11.6. The van der Waals surface area contributed by atoms with Gasteiger partial charge in [0.05, 0.1) is 17.0 Å². The summed E-state index contributed by atoms with van der Waals surface area (Å²) in [6, 6.07) is 8.03. The molecule has 4 heteroatoms. The van der Waals surface area contributed by atoms with Gasteiger partial charge in [0.25, 0.3) is 5.91 Å². The summed E-state index contributed by atoms with van der Waals surface area (Å²) >= 11 is 1.74. The monoisotopic (exact) mass is 284 g/mol. The molecule has 0 aliphatic carbocycles. The predicted octanol–water partition coefficient (Wildman–Crippen LogP) is 3.90. The van der Waals surface area contributed by atoms with Crippen molar-refractivity contribution in [1.82, 2.24) is 4.98 Å². The van der Waals surface area contributed by atoms with Crippen LogP contribution in [0.3, 0.4) is 0 Å². The van der Waals surface area contributed by atoms with Crippen molar-refractivity contribution in [2.45, 2.75) is 26.7 Å². The zero-order chi connectivity index (χ0) is 14.1. The van der Waals surface area contributed by atoms with Crippen molar-refractivity contribution in [2.75, 3.05) is 5.32 Å². The maximum Gasteiger partial charge on any atom is 0.258 e. The Morgan fingerprint density at radius 2 is 2.15 bits per heavy atom. The first-order chi connectivity index (χ1) is 9.67. The summed E-state index contributed by atoms with van der Waals surface area (Å²) in [4.78, 5) is 19.0. The van der Waals surface area contributed by atoms with Crippen molar-refractivity contribution in [3.63, 3.8) is 0 Å². The highest BCUT2D eigenvalue weighted by Crippen LogP contribution is 2.32. The van der Waals surface area contributed by atoms with E-state index in [9.17, 15) is 4.79 Å². The van der Waals surface area contributed by atoms with Gasteiger partial charge in [-0.2, -0.15) is 0 Å². The van der Waals surface area contributed by atoms with Gasteiger partial charge in [-0.25, -0.2) is 0 Å². The van der Waals surface area contributed by atoms with Crippen LogP contribution in [-0.4, -0.2) is 10.9 Å². The third-order valence-corrected chi connectivity index (χ3v) is 4.34. The lowest BCUT2D eigenvalue weighted by Crippen LogP contribution is -2.03. The van der Waals surface area contributed by atoms with Gasteiger partial charge in [0.15, 0.2) is 0 Å². The highest BCUT2D eigenvalue weighted by atomic mass is 32.1. The van der Waals surface area contributed by atoms with Crippen LogP contribution in [0, 0.1) is 6.92 Å². The fraction of sp³-hybridized carbons (Fsp3) is 0.250. The van der Waals surface area contributed by atoms with Crippen LogP contribution in [-0.2, 0) is 11.2 Å². The normalized spacial score (nSPS) is 15.5. The smallest absolute Gasteiger partial charge is 0.258 e. The molecule has 2 aromatic rings. The fourth-order valence-electron chi connectivity index (χ4n) is 2.29. The van der Waals surface area contributed by atoms with Gasteiger partial charge in [-0.1, -0.05) is 13.3 Å². The standard InChI is InChI=1S/C16H16N2OS/c1-3-4-11-6-7-12(20-11)9-13-15-14(18-16(13)19)8-5-10(2)17-15/h5-9H,3-4H2,1-2H3,(H,18,19). The summed E-state index contributed by atoms with van der Waals surface area (Å²) in [6.07, 6.45) is 4.17. The zero-order valence-corrected chi connectivity index (χ0v) is 12.4. The third-order valence-electron chi connectivity index (χ3n) is 3.25. The number of aryl methyl sites for hydroxylation is 2. The highest BCUT2D eigenvalue weighted by Gasteiger charge is 2.25. The van der Waals surface area contributed by atoms with Gasteiger partial charge >= 0.3 is 0 Å². The first-order valence-corrected chi connectivity index (χ1v) is 7.59. The number of thiophene rings is 1. The third kappa shape index (κ3) is 2.39. The minimum absolute atomic E-state index is 0.0662. The molecule has 0 saturated heterocycles. The average Bonchev–Trinajstić information content (AvgIpc) is 2.97. The van der Waals surface area contributed by atoms with Crippen LogP contribution >= 0.6 is 11.3 Å². The predicted molar refractivity (Wildman–Crippen MR) is 83.8 cm³/mol. The Bertz CT molecular complexity index is 700. The molecule has 1 aliphatic rings. The molecule has 1 amide bonds. The second-order valence-corrected chi connectivity index (χ2v) is 6.11. The molecular weight excluding hydrogens is 268 g/mol. The van der Waals surface area contributed by atoms with E-state index in [1.165, 1.54) is 4.88 Å². The van der Waals surface area contributed by atoms with Crippen molar-refractivity contribution in [3.05, 3.63) is 45.4 Å². The van der Waals surface area contributed by atoms with Gasteiger partial charge in [0.1, 0.15) is 0 Å². The molecule has 0 spiro atoms. The molecule has 1 N–H and O–H groups in total. The van der Waals surface area contributed by atoms with E-state index in [2.05, 4.69) is 29.4 Å². The van der Waals surface area contributed by atoms with Crippen LogP contribution in [0.1, 0.15) is 34.5 Å². The second-order valence-electron chi connectivity index (χ2n) is 4.92. The Morgan fingerprint density at radius 1 is 1.30 bits per heavy atom. The molecule has 0 saturated carbocycles. The summed E-state index contributed by atoms with van der Waals surface area (Å²) < 4.78 is 0. The molecule has 0 unspecified atom stereocenters. The van der Waals surface area contributed by atoms with E-state index in [4.69, 9.17) is 0 Å². The summed E-state index contributed by atoms with van der Waals surface area (Å²) in [6.45, 7) is 4.11. The first-order valence-electron chi connectivity index (χ1n) is 6.77. The number of nitrogens with one attached hydrogen (secondary N) is 1. The molecule has 1 aliphatic heterocycles. The van der Waals surface area contributed by atoms with E-state index in [0.717, 1.165) is 34.8 Å². The number of aromatic nitrogens is 1. The first kappa shape index (κ1) is 13.1. The Kier molecular flexibility index (Phi) is 3.40. The van der Waals surface area contributed by atoms with E-state index >= 15 is 0 Å². The summed E-state index contributed by atoms with van der Waals surface area (Å²) in [5.41, 5.74) is 3.15. The van der Waals surface area contributed by atoms with Gasteiger partial charge in [-0.15, -0.1) is 11.3 Å². The number of nitrogens with zero attached hydrogens (tertiary/aromatic N) is 1. The molecule has 2 aromatic heterocycles. The van der Waals surface area contributed by atoms with Crippen molar-refractivity contribution >= 4 is 34.6 Å². The number of anilines is 1. The Labute approximate surface area is 122 Å². The number of carbonyl (C=O) groups excluding carboxylic acids is 1. The van der Waals surface area contributed by atoms with Gasteiger partial charge in [0.2, 0.25) is 0 Å². The van der Waals surface area contributed by atoms with E-state index in [0.29, 0.717) is 5.57 Å². The van der Waals surface area contributed by atoms with Gasteiger partial charge < -0.3 is 5.32 Å². The Hall–Kier alpha value is -1.94. The molecule has 20 heavy (non-hydrogen) atoms. The SMILES string of the molecule is CCCc1ccc(C=C2C(=O)Nc3ccc(C)nc32)s1. The van der Waals surface area contributed by atoms with E-state index in [1.807, 2.05) is 25.1 Å². The highest BCUT2D eigenvalue weighted by molar-refractivity contribution is 7.13. The molecule has 102 valence electrons.